The van der Waals surface area contributed by atoms with E-state index in [9.17, 15) is 30.8 Å². The molecule has 30 heavy (non-hydrogen) atoms. The summed E-state index contributed by atoms with van der Waals surface area (Å²) >= 11 is 11.7. The molecular weight excluding hydrogens is 471 g/mol. The smallest absolute Gasteiger partial charge is 0.336 e. The lowest BCUT2D eigenvalue weighted by molar-refractivity contribution is -0.137. The van der Waals surface area contributed by atoms with Crippen molar-refractivity contribution in [3.05, 3.63) is 63.4 Å². The van der Waals surface area contributed by atoms with Gasteiger partial charge >= 0.3 is 6.18 Å². The topological polar surface area (TPSA) is 57.7 Å². The van der Waals surface area contributed by atoms with Crippen molar-refractivity contribution in [1.82, 2.24) is 9.21 Å². The number of sulfonamides is 1. The first-order valence-electron chi connectivity index (χ1n) is 8.52. The molecule has 2 aromatic rings. The fourth-order valence-electron chi connectivity index (χ4n) is 2.98. The summed E-state index contributed by atoms with van der Waals surface area (Å²) in [5.74, 6) is -2.00. The zero-order chi connectivity index (χ0) is 22.3. The first kappa shape index (κ1) is 22.8. The number of benzene rings is 2. The van der Waals surface area contributed by atoms with Gasteiger partial charge in [0.05, 0.1) is 20.5 Å². The highest BCUT2D eigenvalue weighted by Crippen LogP contribution is 2.31. The van der Waals surface area contributed by atoms with Crippen LogP contribution >= 0.6 is 23.2 Å². The van der Waals surface area contributed by atoms with Gasteiger partial charge in [0.25, 0.3) is 5.91 Å². The molecule has 0 atom stereocenters. The van der Waals surface area contributed by atoms with Crippen LogP contribution in [-0.4, -0.2) is 49.7 Å². The van der Waals surface area contributed by atoms with Gasteiger partial charge in [-0.3, -0.25) is 4.79 Å². The third-order valence-corrected chi connectivity index (χ3v) is 7.16. The van der Waals surface area contributed by atoms with Crippen LogP contribution < -0.4 is 0 Å². The molecule has 5 nitrogen and oxygen atoms in total. The Morgan fingerprint density at radius 3 is 2.13 bits per heavy atom. The van der Waals surface area contributed by atoms with Gasteiger partial charge in [0, 0.05) is 31.7 Å². The van der Waals surface area contributed by atoms with E-state index in [0.29, 0.717) is 12.1 Å². The SMILES string of the molecule is O=C(c1cc(F)cc(C(F)(F)F)c1)N1CCN(S(=O)(=O)c2ccc(Cl)c(Cl)c2)CC1. The third-order valence-electron chi connectivity index (χ3n) is 4.53. The summed E-state index contributed by atoms with van der Waals surface area (Å²) in [5.41, 5.74) is -1.73. The molecule has 1 aliphatic rings. The Kier molecular flexibility index (Phi) is 6.33. The molecule has 1 aliphatic heterocycles. The van der Waals surface area contributed by atoms with E-state index < -0.39 is 39.1 Å². The minimum Gasteiger partial charge on any atom is -0.336 e. The average molecular weight is 485 g/mol. The first-order valence-corrected chi connectivity index (χ1v) is 10.7. The Bertz CT molecular complexity index is 1090. The van der Waals surface area contributed by atoms with Crippen LogP contribution in [0, 0.1) is 5.82 Å². The second-order valence-corrected chi connectivity index (χ2v) is 9.25. The maximum absolute atomic E-state index is 13.6. The van der Waals surface area contributed by atoms with Crippen molar-refractivity contribution in [2.45, 2.75) is 11.1 Å². The van der Waals surface area contributed by atoms with E-state index in [-0.39, 0.29) is 41.1 Å². The summed E-state index contributed by atoms with van der Waals surface area (Å²) in [6.07, 6.45) is -4.80. The molecule has 1 fully saturated rings. The quantitative estimate of drug-likeness (QED) is 0.610. The molecule has 1 amide bonds. The molecule has 0 bridgehead atoms. The number of rotatable bonds is 3. The van der Waals surface area contributed by atoms with Crippen molar-refractivity contribution in [2.75, 3.05) is 26.2 Å². The summed E-state index contributed by atoms with van der Waals surface area (Å²) in [4.78, 5) is 13.6. The third kappa shape index (κ3) is 4.72. The van der Waals surface area contributed by atoms with Crippen molar-refractivity contribution >= 4 is 39.1 Å². The number of hydrogen-bond acceptors (Lipinski definition) is 3. The molecule has 2 aromatic carbocycles. The lowest BCUT2D eigenvalue weighted by Crippen LogP contribution is -2.50. The number of carbonyl (C=O) groups is 1. The van der Waals surface area contributed by atoms with E-state index in [2.05, 4.69) is 0 Å². The van der Waals surface area contributed by atoms with Gasteiger partial charge in [0.15, 0.2) is 0 Å². The molecule has 0 radical (unpaired) electrons. The molecular formula is C18H14Cl2F4N2O3S. The van der Waals surface area contributed by atoms with Crippen molar-refractivity contribution in [1.29, 1.82) is 0 Å². The average Bonchev–Trinajstić information content (AvgIpc) is 2.68. The van der Waals surface area contributed by atoms with Crippen LogP contribution in [0.1, 0.15) is 15.9 Å². The Hall–Kier alpha value is -1.88. The van der Waals surface area contributed by atoms with Crippen LogP contribution in [0.25, 0.3) is 0 Å². The molecule has 0 aromatic heterocycles. The van der Waals surface area contributed by atoms with Crippen LogP contribution in [-0.2, 0) is 16.2 Å². The number of carbonyl (C=O) groups excluding carboxylic acids is 1. The largest absolute Gasteiger partial charge is 0.416 e. The molecule has 162 valence electrons. The molecule has 0 saturated carbocycles. The van der Waals surface area contributed by atoms with Crippen LogP contribution in [0.2, 0.25) is 10.0 Å². The molecule has 0 unspecified atom stereocenters. The van der Waals surface area contributed by atoms with Gasteiger partial charge in [-0.05, 0) is 36.4 Å². The lowest BCUT2D eigenvalue weighted by Gasteiger charge is -2.34. The van der Waals surface area contributed by atoms with E-state index in [0.717, 1.165) is 10.4 Å². The van der Waals surface area contributed by atoms with Crippen LogP contribution in [0.4, 0.5) is 17.6 Å². The zero-order valence-corrected chi connectivity index (χ0v) is 17.4. The van der Waals surface area contributed by atoms with Crippen LogP contribution in [0.5, 0.6) is 0 Å². The van der Waals surface area contributed by atoms with Gasteiger partial charge in [-0.1, -0.05) is 23.2 Å². The minimum atomic E-state index is -4.80. The van der Waals surface area contributed by atoms with Gasteiger partial charge in [-0.15, -0.1) is 0 Å². The molecule has 1 heterocycles. The standard InChI is InChI=1S/C18H14Cl2F4N2O3S/c19-15-2-1-14(10-16(15)20)30(28,29)26-5-3-25(4-6-26)17(27)11-7-12(18(22,23)24)9-13(21)8-11/h1-2,7-10H,3-6H2. The molecule has 0 aliphatic carbocycles. The lowest BCUT2D eigenvalue weighted by atomic mass is 10.1. The van der Waals surface area contributed by atoms with E-state index in [1.54, 1.807) is 0 Å². The summed E-state index contributed by atoms with van der Waals surface area (Å²) < 4.78 is 78.8. The fraction of sp³-hybridized carbons (Fsp3) is 0.278. The van der Waals surface area contributed by atoms with Crippen LogP contribution in [0.3, 0.4) is 0 Å². The van der Waals surface area contributed by atoms with E-state index in [1.807, 2.05) is 0 Å². The minimum absolute atomic E-state index is 0.0677. The normalized spacial score (nSPS) is 16.0. The predicted molar refractivity (Wildman–Crippen MR) is 103 cm³/mol. The van der Waals surface area contributed by atoms with Gasteiger partial charge < -0.3 is 4.90 Å². The second kappa shape index (κ2) is 8.33. The molecule has 0 spiro atoms. The predicted octanol–water partition coefficient (Wildman–Crippen LogP) is 4.30. The summed E-state index contributed by atoms with van der Waals surface area (Å²) in [5, 5.41) is 0.262. The number of alkyl halides is 3. The van der Waals surface area contributed by atoms with E-state index >= 15 is 0 Å². The Labute approximate surface area is 179 Å². The van der Waals surface area contributed by atoms with E-state index in [4.69, 9.17) is 23.2 Å². The maximum atomic E-state index is 13.6. The highest BCUT2D eigenvalue weighted by Gasteiger charge is 2.34. The summed E-state index contributed by atoms with van der Waals surface area (Å²) in [7, 11) is -3.90. The maximum Gasteiger partial charge on any atom is 0.416 e. The molecule has 12 heteroatoms. The van der Waals surface area contributed by atoms with Crippen molar-refractivity contribution < 1.29 is 30.8 Å². The molecule has 0 N–H and O–H groups in total. The van der Waals surface area contributed by atoms with Gasteiger partial charge in [-0.25, -0.2) is 12.8 Å². The number of piperazine rings is 1. The van der Waals surface area contributed by atoms with Gasteiger partial charge in [-0.2, -0.15) is 17.5 Å². The molecule has 1 saturated heterocycles. The fourth-order valence-corrected chi connectivity index (χ4v) is 4.79. The second-order valence-electron chi connectivity index (χ2n) is 6.50. The number of amides is 1. The highest BCUT2D eigenvalue weighted by atomic mass is 35.5. The van der Waals surface area contributed by atoms with Crippen molar-refractivity contribution in [3.63, 3.8) is 0 Å². The van der Waals surface area contributed by atoms with Crippen LogP contribution in [0.15, 0.2) is 41.3 Å². The monoisotopic (exact) mass is 484 g/mol. The van der Waals surface area contributed by atoms with Gasteiger partial charge in [0.2, 0.25) is 10.0 Å². The molecule has 3 rings (SSSR count). The Balaban J connectivity index is 1.75. The first-order chi connectivity index (χ1) is 13.9. The van der Waals surface area contributed by atoms with Crippen molar-refractivity contribution in [2.24, 2.45) is 0 Å². The van der Waals surface area contributed by atoms with Crippen molar-refractivity contribution in [3.8, 4) is 0 Å². The summed E-state index contributed by atoms with van der Waals surface area (Å²) in [6.45, 7) is -0.319. The number of hydrogen-bond donors (Lipinski definition) is 0. The Morgan fingerprint density at radius 1 is 0.933 bits per heavy atom. The zero-order valence-electron chi connectivity index (χ0n) is 15.1. The Morgan fingerprint density at radius 2 is 1.57 bits per heavy atom. The highest BCUT2D eigenvalue weighted by molar-refractivity contribution is 7.89. The number of nitrogens with zero attached hydrogens (tertiary/aromatic N) is 2. The van der Waals surface area contributed by atoms with E-state index in [1.165, 1.54) is 23.1 Å². The van der Waals surface area contributed by atoms with Gasteiger partial charge in [0.1, 0.15) is 5.82 Å². The summed E-state index contributed by atoms with van der Waals surface area (Å²) in [6, 6.07) is 5.45. The number of halogens is 6.